The molecule has 0 aliphatic carbocycles. The Labute approximate surface area is 140 Å². The SMILES string of the molecule is COc1ccc2cc(/C(C)=N\Nc3ccccc3Cl)ccc2c1. The zero-order chi connectivity index (χ0) is 16.2. The van der Waals surface area contributed by atoms with Crippen LogP contribution in [0.25, 0.3) is 10.8 Å². The van der Waals surface area contributed by atoms with Crippen molar-refractivity contribution in [1.29, 1.82) is 0 Å². The third-order valence-corrected chi connectivity index (χ3v) is 4.01. The number of anilines is 1. The molecule has 0 atom stereocenters. The van der Waals surface area contributed by atoms with Gasteiger partial charge >= 0.3 is 0 Å². The van der Waals surface area contributed by atoms with Crippen molar-refractivity contribution in [2.75, 3.05) is 12.5 Å². The van der Waals surface area contributed by atoms with E-state index in [9.17, 15) is 0 Å². The minimum Gasteiger partial charge on any atom is -0.497 e. The zero-order valence-corrected chi connectivity index (χ0v) is 13.8. The lowest BCUT2D eigenvalue weighted by Crippen LogP contribution is -2.00. The van der Waals surface area contributed by atoms with Gasteiger partial charge in [0.15, 0.2) is 0 Å². The molecule has 0 heterocycles. The highest BCUT2D eigenvalue weighted by molar-refractivity contribution is 6.33. The average Bonchev–Trinajstić information content (AvgIpc) is 2.59. The zero-order valence-electron chi connectivity index (χ0n) is 13.0. The first-order valence-electron chi connectivity index (χ1n) is 7.30. The second-order valence-corrected chi connectivity index (χ2v) is 5.62. The molecule has 0 spiro atoms. The number of benzene rings is 3. The molecule has 0 radical (unpaired) electrons. The molecule has 0 amide bonds. The maximum atomic E-state index is 6.12. The number of nitrogens with one attached hydrogen (secondary N) is 1. The van der Waals surface area contributed by atoms with Crippen LogP contribution in [0.5, 0.6) is 5.75 Å². The van der Waals surface area contributed by atoms with Gasteiger partial charge in [0.1, 0.15) is 5.75 Å². The van der Waals surface area contributed by atoms with Crippen LogP contribution in [0.3, 0.4) is 0 Å². The van der Waals surface area contributed by atoms with Crippen LogP contribution in [-0.2, 0) is 0 Å². The van der Waals surface area contributed by atoms with Crippen LogP contribution in [0.1, 0.15) is 12.5 Å². The maximum Gasteiger partial charge on any atom is 0.119 e. The molecule has 23 heavy (non-hydrogen) atoms. The summed E-state index contributed by atoms with van der Waals surface area (Å²) >= 11 is 6.12. The average molecular weight is 325 g/mol. The predicted molar refractivity (Wildman–Crippen MR) is 97.8 cm³/mol. The molecule has 0 saturated carbocycles. The van der Waals surface area contributed by atoms with Gasteiger partial charge in [0.2, 0.25) is 0 Å². The number of fused-ring (bicyclic) bond motifs is 1. The molecule has 3 aromatic rings. The van der Waals surface area contributed by atoms with Crippen molar-refractivity contribution in [3.8, 4) is 5.75 Å². The largest absolute Gasteiger partial charge is 0.497 e. The number of methoxy groups -OCH3 is 1. The molecule has 0 aliphatic heterocycles. The van der Waals surface area contributed by atoms with E-state index >= 15 is 0 Å². The first-order chi connectivity index (χ1) is 11.2. The van der Waals surface area contributed by atoms with E-state index in [0.29, 0.717) is 5.02 Å². The lowest BCUT2D eigenvalue weighted by Gasteiger charge is -2.07. The van der Waals surface area contributed by atoms with Crippen LogP contribution in [0, 0.1) is 0 Å². The second-order valence-electron chi connectivity index (χ2n) is 5.22. The molecule has 0 fully saturated rings. The van der Waals surface area contributed by atoms with Gasteiger partial charge in [-0.25, -0.2) is 0 Å². The molecule has 4 heteroatoms. The van der Waals surface area contributed by atoms with Gasteiger partial charge in [-0.05, 0) is 53.6 Å². The van der Waals surface area contributed by atoms with Crippen molar-refractivity contribution in [2.24, 2.45) is 5.10 Å². The summed E-state index contributed by atoms with van der Waals surface area (Å²) in [6, 6.07) is 19.8. The normalized spacial score (nSPS) is 11.5. The van der Waals surface area contributed by atoms with E-state index in [1.165, 1.54) is 0 Å². The van der Waals surface area contributed by atoms with Crippen LogP contribution in [-0.4, -0.2) is 12.8 Å². The molecule has 0 unspecified atom stereocenters. The fraction of sp³-hybridized carbons (Fsp3) is 0.105. The number of para-hydroxylation sites is 1. The molecule has 1 N–H and O–H groups in total. The monoisotopic (exact) mass is 324 g/mol. The van der Waals surface area contributed by atoms with Crippen molar-refractivity contribution in [1.82, 2.24) is 0 Å². The van der Waals surface area contributed by atoms with E-state index in [1.807, 2.05) is 49.4 Å². The van der Waals surface area contributed by atoms with Gasteiger partial charge in [0.05, 0.1) is 23.5 Å². The highest BCUT2D eigenvalue weighted by Crippen LogP contribution is 2.23. The van der Waals surface area contributed by atoms with Gasteiger partial charge in [0, 0.05) is 0 Å². The summed E-state index contributed by atoms with van der Waals surface area (Å²) in [5.74, 6) is 0.857. The van der Waals surface area contributed by atoms with E-state index in [0.717, 1.165) is 33.5 Å². The van der Waals surface area contributed by atoms with Gasteiger partial charge in [-0.2, -0.15) is 5.10 Å². The van der Waals surface area contributed by atoms with Gasteiger partial charge < -0.3 is 4.74 Å². The number of halogens is 1. The van der Waals surface area contributed by atoms with Gasteiger partial charge in [-0.15, -0.1) is 0 Å². The van der Waals surface area contributed by atoms with Gasteiger partial charge in [-0.3, -0.25) is 5.43 Å². The van der Waals surface area contributed by atoms with Crippen LogP contribution >= 0.6 is 11.6 Å². The molecule has 3 aromatic carbocycles. The number of nitrogens with zero attached hydrogens (tertiary/aromatic N) is 1. The Morgan fingerprint density at radius 1 is 1.00 bits per heavy atom. The minimum absolute atomic E-state index is 0.648. The Morgan fingerprint density at radius 2 is 1.74 bits per heavy atom. The molecular weight excluding hydrogens is 308 g/mol. The number of rotatable bonds is 4. The van der Waals surface area contributed by atoms with Crippen molar-refractivity contribution in [3.05, 3.63) is 71.2 Å². The lowest BCUT2D eigenvalue weighted by molar-refractivity contribution is 0.415. The molecule has 0 saturated heterocycles. The smallest absolute Gasteiger partial charge is 0.119 e. The standard InChI is InChI=1S/C19H17ClN2O/c1-13(21-22-19-6-4-3-5-18(19)20)14-7-8-16-12-17(23-2)10-9-15(16)11-14/h3-12,22H,1-2H3/b21-13-. The second kappa shape index (κ2) is 6.71. The van der Waals surface area contributed by atoms with Crippen LogP contribution < -0.4 is 10.2 Å². The molecular formula is C19H17ClN2O. The van der Waals surface area contributed by atoms with E-state index in [2.05, 4.69) is 28.7 Å². The third kappa shape index (κ3) is 3.46. The molecule has 116 valence electrons. The summed E-state index contributed by atoms with van der Waals surface area (Å²) in [4.78, 5) is 0. The molecule has 0 aliphatic rings. The summed E-state index contributed by atoms with van der Waals surface area (Å²) < 4.78 is 5.25. The van der Waals surface area contributed by atoms with Crippen molar-refractivity contribution >= 4 is 33.8 Å². The highest BCUT2D eigenvalue weighted by atomic mass is 35.5. The summed E-state index contributed by atoms with van der Waals surface area (Å²) in [7, 11) is 1.67. The summed E-state index contributed by atoms with van der Waals surface area (Å²) in [5, 5.41) is 7.36. The Morgan fingerprint density at radius 3 is 2.52 bits per heavy atom. The van der Waals surface area contributed by atoms with Crippen molar-refractivity contribution in [3.63, 3.8) is 0 Å². The fourth-order valence-corrected chi connectivity index (χ4v) is 2.51. The summed E-state index contributed by atoms with van der Waals surface area (Å²) in [6.07, 6.45) is 0. The van der Waals surface area contributed by atoms with Crippen molar-refractivity contribution in [2.45, 2.75) is 6.92 Å². The topological polar surface area (TPSA) is 33.6 Å². The van der Waals surface area contributed by atoms with Crippen molar-refractivity contribution < 1.29 is 4.74 Å². The van der Waals surface area contributed by atoms with E-state index < -0.39 is 0 Å². The number of hydrogen-bond acceptors (Lipinski definition) is 3. The summed E-state index contributed by atoms with van der Waals surface area (Å²) in [5.41, 5.74) is 5.75. The molecule has 0 bridgehead atoms. The quantitative estimate of drug-likeness (QED) is 0.519. The molecule has 0 aromatic heterocycles. The Hall–Kier alpha value is -2.52. The lowest BCUT2D eigenvalue weighted by atomic mass is 10.0. The number of hydrogen-bond donors (Lipinski definition) is 1. The Bertz CT molecular complexity index is 874. The maximum absolute atomic E-state index is 6.12. The molecule has 3 nitrogen and oxygen atoms in total. The number of hydrazone groups is 1. The van der Waals surface area contributed by atoms with Crippen LogP contribution in [0.15, 0.2) is 65.8 Å². The first kappa shape index (κ1) is 15.4. The first-order valence-corrected chi connectivity index (χ1v) is 7.68. The van der Waals surface area contributed by atoms with Crippen LogP contribution in [0.4, 0.5) is 5.69 Å². The summed E-state index contributed by atoms with van der Waals surface area (Å²) in [6.45, 7) is 1.97. The molecule has 3 rings (SSSR count). The number of ether oxygens (including phenoxy) is 1. The third-order valence-electron chi connectivity index (χ3n) is 3.68. The highest BCUT2D eigenvalue weighted by Gasteiger charge is 2.02. The Kier molecular flexibility index (Phi) is 4.49. The predicted octanol–water partition coefficient (Wildman–Crippen LogP) is 5.34. The van der Waals surface area contributed by atoms with Gasteiger partial charge in [0.25, 0.3) is 0 Å². The van der Waals surface area contributed by atoms with Crippen LogP contribution in [0.2, 0.25) is 5.02 Å². The fourth-order valence-electron chi connectivity index (χ4n) is 2.34. The van der Waals surface area contributed by atoms with E-state index in [1.54, 1.807) is 7.11 Å². The van der Waals surface area contributed by atoms with E-state index in [4.69, 9.17) is 16.3 Å². The van der Waals surface area contributed by atoms with Gasteiger partial charge in [-0.1, -0.05) is 41.9 Å². The Balaban J connectivity index is 1.87. The van der Waals surface area contributed by atoms with E-state index in [-0.39, 0.29) is 0 Å². The minimum atomic E-state index is 0.648.